The molecular weight excluding hydrogens is 217 g/mol. The second-order valence-corrected chi connectivity index (χ2v) is 3.97. The Morgan fingerprint density at radius 3 is 2.25 bits per heavy atom. The van der Waals surface area contributed by atoms with Crippen molar-refractivity contribution in [1.82, 2.24) is 0 Å². The summed E-state index contributed by atoms with van der Waals surface area (Å²) < 4.78 is 35.6. The molecule has 0 aromatic rings. The molecule has 0 aromatic carbocycles. The van der Waals surface area contributed by atoms with Gasteiger partial charge < -0.3 is 5.11 Å². The summed E-state index contributed by atoms with van der Waals surface area (Å²) in [6.07, 6.45) is 2.62. The van der Waals surface area contributed by atoms with Crippen LogP contribution in [-0.4, -0.2) is 17.4 Å². The van der Waals surface area contributed by atoms with Crippen molar-refractivity contribution in [2.45, 2.75) is 64.1 Å². The molecule has 0 aliphatic carbocycles. The van der Waals surface area contributed by atoms with E-state index in [-0.39, 0.29) is 6.42 Å². The van der Waals surface area contributed by atoms with Crippen LogP contribution in [0.15, 0.2) is 12.2 Å². The molecule has 0 heterocycles. The van der Waals surface area contributed by atoms with Gasteiger partial charge in [0.05, 0.1) is 0 Å². The van der Waals surface area contributed by atoms with Crippen molar-refractivity contribution >= 4 is 0 Å². The Balaban J connectivity index is 3.41. The summed E-state index contributed by atoms with van der Waals surface area (Å²) in [7, 11) is 0. The highest BCUT2D eigenvalue weighted by Gasteiger charge is 2.36. The molecule has 0 saturated carbocycles. The molecule has 1 atom stereocenters. The molecule has 1 nitrogen and oxygen atoms in total. The zero-order chi connectivity index (χ0) is 12.4. The van der Waals surface area contributed by atoms with Gasteiger partial charge in [0.25, 0.3) is 0 Å². The normalized spacial score (nSPS) is 14.6. The van der Waals surface area contributed by atoms with Gasteiger partial charge in [-0.1, -0.05) is 44.8 Å². The highest BCUT2D eigenvalue weighted by molar-refractivity contribution is 4.85. The standard InChI is InChI=1S/C12H21F3O/c1-2-3-4-5-6-7-8-9-10-11(16)12(13,14)15/h8-9,11,16H,2-7,10H2,1H3/b9-8+. The third-order valence-corrected chi connectivity index (χ3v) is 2.38. The number of unbranched alkanes of at least 4 members (excludes halogenated alkanes) is 5. The lowest BCUT2D eigenvalue weighted by Crippen LogP contribution is -2.27. The van der Waals surface area contributed by atoms with Gasteiger partial charge >= 0.3 is 6.18 Å². The van der Waals surface area contributed by atoms with Crippen molar-refractivity contribution in [3.63, 3.8) is 0 Å². The van der Waals surface area contributed by atoms with Crippen LogP contribution in [0.3, 0.4) is 0 Å². The number of allylic oxidation sites excluding steroid dienone is 1. The molecule has 0 aliphatic heterocycles. The number of aliphatic hydroxyl groups is 1. The van der Waals surface area contributed by atoms with Crippen LogP contribution in [-0.2, 0) is 0 Å². The fourth-order valence-electron chi connectivity index (χ4n) is 1.34. The van der Waals surface area contributed by atoms with Gasteiger partial charge in [-0.25, -0.2) is 0 Å². The second kappa shape index (κ2) is 8.62. The molecule has 0 saturated heterocycles. The number of aliphatic hydroxyl groups excluding tert-OH is 1. The Bertz CT molecular complexity index is 187. The first kappa shape index (κ1) is 15.5. The zero-order valence-corrected chi connectivity index (χ0v) is 9.76. The quantitative estimate of drug-likeness (QED) is 0.496. The summed E-state index contributed by atoms with van der Waals surface area (Å²) in [5.74, 6) is 0. The first-order valence-electron chi connectivity index (χ1n) is 5.88. The topological polar surface area (TPSA) is 20.2 Å². The van der Waals surface area contributed by atoms with Crippen LogP contribution in [0.5, 0.6) is 0 Å². The highest BCUT2D eigenvalue weighted by Crippen LogP contribution is 2.22. The van der Waals surface area contributed by atoms with Crippen LogP contribution in [0.4, 0.5) is 13.2 Å². The maximum Gasteiger partial charge on any atom is 0.414 e. The van der Waals surface area contributed by atoms with Gasteiger partial charge in [0.2, 0.25) is 0 Å². The molecule has 16 heavy (non-hydrogen) atoms. The van der Waals surface area contributed by atoms with E-state index in [9.17, 15) is 13.2 Å². The minimum atomic E-state index is -4.49. The Kier molecular flexibility index (Phi) is 8.35. The van der Waals surface area contributed by atoms with Gasteiger partial charge in [0.1, 0.15) is 0 Å². The minimum Gasteiger partial charge on any atom is -0.383 e. The third kappa shape index (κ3) is 8.77. The monoisotopic (exact) mass is 238 g/mol. The molecule has 0 aromatic heterocycles. The summed E-state index contributed by atoms with van der Waals surface area (Å²) in [5.41, 5.74) is 0. The fraction of sp³-hybridized carbons (Fsp3) is 0.833. The van der Waals surface area contributed by atoms with Crippen molar-refractivity contribution in [1.29, 1.82) is 0 Å². The summed E-state index contributed by atoms with van der Waals surface area (Å²) in [5, 5.41) is 8.68. The smallest absolute Gasteiger partial charge is 0.383 e. The van der Waals surface area contributed by atoms with E-state index in [0.717, 1.165) is 19.3 Å². The fourth-order valence-corrected chi connectivity index (χ4v) is 1.34. The van der Waals surface area contributed by atoms with Crippen molar-refractivity contribution in [3.8, 4) is 0 Å². The van der Waals surface area contributed by atoms with Crippen LogP contribution in [0, 0.1) is 0 Å². The predicted octanol–water partition coefficient (Wildman–Crippen LogP) is 4.22. The molecule has 0 bridgehead atoms. The molecular formula is C12H21F3O. The molecule has 96 valence electrons. The first-order valence-corrected chi connectivity index (χ1v) is 5.88. The number of rotatable bonds is 8. The molecule has 1 N–H and O–H groups in total. The molecule has 0 aliphatic rings. The lowest BCUT2D eigenvalue weighted by Gasteiger charge is -2.11. The predicted molar refractivity (Wildman–Crippen MR) is 59.2 cm³/mol. The van der Waals surface area contributed by atoms with Crippen molar-refractivity contribution in [2.24, 2.45) is 0 Å². The molecule has 0 radical (unpaired) electrons. The number of alkyl halides is 3. The third-order valence-electron chi connectivity index (χ3n) is 2.38. The van der Waals surface area contributed by atoms with E-state index in [1.54, 1.807) is 6.08 Å². The van der Waals surface area contributed by atoms with Crippen LogP contribution in [0.2, 0.25) is 0 Å². The van der Waals surface area contributed by atoms with Gasteiger partial charge in [0.15, 0.2) is 6.10 Å². The Hall–Kier alpha value is -0.510. The van der Waals surface area contributed by atoms with Crippen molar-refractivity contribution < 1.29 is 18.3 Å². The van der Waals surface area contributed by atoms with Gasteiger partial charge in [-0.15, -0.1) is 0 Å². The SMILES string of the molecule is CCCCCCC/C=C/CC(O)C(F)(F)F. The lowest BCUT2D eigenvalue weighted by atomic mass is 10.1. The average molecular weight is 238 g/mol. The highest BCUT2D eigenvalue weighted by atomic mass is 19.4. The van der Waals surface area contributed by atoms with E-state index >= 15 is 0 Å². The first-order chi connectivity index (χ1) is 7.48. The summed E-state index contributed by atoms with van der Waals surface area (Å²) in [4.78, 5) is 0. The molecule has 4 heteroatoms. The van der Waals surface area contributed by atoms with E-state index in [1.165, 1.54) is 25.3 Å². The maximum atomic E-state index is 11.9. The average Bonchev–Trinajstić information content (AvgIpc) is 2.20. The summed E-state index contributed by atoms with van der Waals surface area (Å²) in [6, 6.07) is 0. The molecule has 0 spiro atoms. The number of hydrogen-bond acceptors (Lipinski definition) is 1. The maximum absolute atomic E-state index is 11.9. The van der Waals surface area contributed by atoms with Gasteiger partial charge in [-0.05, 0) is 12.8 Å². The van der Waals surface area contributed by atoms with E-state index in [0.29, 0.717) is 0 Å². The van der Waals surface area contributed by atoms with E-state index in [4.69, 9.17) is 5.11 Å². The molecule has 0 amide bonds. The largest absolute Gasteiger partial charge is 0.414 e. The summed E-state index contributed by atoms with van der Waals surface area (Å²) >= 11 is 0. The van der Waals surface area contributed by atoms with E-state index < -0.39 is 12.3 Å². The van der Waals surface area contributed by atoms with Gasteiger partial charge in [-0.2, -0.15) is 13.2 Å². The summed E-state index contributed by atoms with van der Waals surface area (Å²) in [6.45, 7) is 2.14. The van der Waals surface area contributed by atoms with E-state index in [1.807, 2.05) is 0 Å². The van der Waals surface area contributed by atoms with Crippen molar-refractivity contribution in [3.05, 3.63) is 12.2 Å². The van der Waals surface area contributed by atoms with E-state index in [2.05, 4.69) is 6.92 Å². The van der Waals surface area contributed by atoms with Gasteiger partial charge in [-0.3, -0.25) is 0 Å². The van der Waals surface area contributed by atoms with Crippen LogP contribution in [0.25, 0.3) is 0 Å². The van der Waals surface area contributed by atoms with Crippen LogP contribution < -0.4 is 0 Å². The second-order valence-electron chi connectivity index (χ2n) is 3.97. The Morgan fingerprint density at radius 1 is 1.06 bits per heavy atom. The molecule has 1 unspecified atom stereocenters. The van der Waals surface area contributed by atoms with Gasteiger partial charge in [0, 0.05) is 6.42 Å². The zero-order valence-electron chi connectivity index (χ0n) is 9.76. The van der Waals surface area contributed by atoms with Crippen LogP contribution in [0.1, 0.15) is 51.9 Å². The molecule has 0 fully saturated rings. The lowest BCUT2D eigenvalue weighted by molar-refractivity contribution is -0.202. The van der Waals surface area contributed by atoms with Crippen LogP contribution >= 0.6 is 0 Å². The number of hydrogen-bond donors (Lipinski definition) is 1. The molecule has 0 rings (SSSR count). The van der Waals surface area contributed by atoms with Crippen molar-refractivity contribution in [2.75, 3.05) is 0 Å². The Morgan fingerprint density at radius 2 is 1.69 bits per heavy atom. The minimum absolute atomic E-state index is 0.335. The number of halogens is 3. The Labute approximate surface area is 95.4 Å².